The molecule has 8 nitrogen and oxygen atoms in total. The van der Waals surface area contributed by atoms with Gasteiger partial charge in [-0.25, -0.2) is 12.8 Å². The van der Waals surface area contributed by atoms with Crippen LogP contribution < -0.4 is 10.1 Å². The molecule has 0 aliphatic carbocycles. The van der Waals surface area contributed by atoms with Gasteiger partial charge in [-0.15, -0.1) is 0 Å². The average molecular weight is 453 g/mol. The number of halogens is 1. The molecule has 1 unspecified atom stereocenters. The van der Waals surface area contributed by atoms with Gasteiger partial charge in [-0.2, -0.15) is 4.31 Å². The van der Waals surface area contributed by atoms with Crippen LogP contribution in [0.15, 0.2) is 53.4 Å². The van der Waals surface area contributed by atoms with E-state index < -0.39 is 40.3 Å². The van der Waals surface area contributed by atoms with Gasteiger partial charge in [-0.05, 0) is 48.9 Å². The summed E-state index contributed by atoms with van der Waals surface area (Å²) in [6.45, 7) is 1.37. The summed E-state index contributed by atoms with van der Waals surface area (Å²) in [7, 11) is -1.27. The molecule has 2 rings (SSSR count). The monoisotopic (exact) mass is 452 g/mol. The minimum Gasteiger partial charge on any atom is -0.497 e. The normalized spacial score (nSPS) is 12.3. The third kappa shape index (κ3) is 6.76. The summed E-state index contributed by atoms with van der Waals surface area (Å²) in [6, 6.07) is 10.4. The van der Waals surface area contributed by atoms with Crippen LogP contribution in [0, 0.1) is 5.82 Å². The lowest BCUT2D eigenvalue weighted by atomic mass is 10.0. The molecule has 2 aromatic carbocycles. The van der Waals surface area contributed by atoms with Gasteiger partial charge in [0.1, 0.15) is 11.6 Å². The lowest BCUT2D eigenvalue weighted by Gasteiger charge is -2.22. The number of hydrogen-bond donors (Lipinski definition) is 1. The van der Waals surface area contributed by atoms with E-state index in [2.05, 4.69) is 5.32 Å². The predicted molar refractivity (Wildman–Crippen MR) is 111 cm³/mol. The molecule has 1 atom stereocenters. The van der Waals surface area contributed by atoms with E-state index in [-0.39, 0.29) is 17.9 Å². The van der Waals surface area contributed by atoms with Gasteiger partial charge in [-0.1, -0.05) is 12.1 Å². The molecule has 0 spiro atoms. The van der Waals surface area contributed by atoms with Crippen LogP contribution in [0.25, 0.3) is 0 Å². The number of hydrogen-bond acceptors (Lipinski definition) is 6. The molecule has 0 saturated carbocycles. The number of likely N-dealkylation sites (N-methyl/N-ethyl adjacent to an activating group) is 1. The quantitative estimate of drug-likeness (QED) is 0.555. The highest BCUT2D eigenvalue weighted by molar-refractivity contribution is 7.89. The topological polar surface area (TPSA) is 102 Å². The van der Waals surface area contributed by atoms with Crippen molar-refractivity contribution in [2.75, 3.05) is 27.3 Å². The van der Waals surface area contributed by atoms with Crippen LogP contribution >= 0.6 is 0 Å². The van der Waals surface area contributed by atoms with Gasteiger partial charge in [-0.3, -0.25) is 9.59 Å². The van der Waals surface area contributed by atoms with Crippen LogP contribution in [0.3, 0.4) is 0 Å². The number of nitrogens with zero attached hydrogens (tertiary/aromatic N) is 1. The number of methoxy groups -OCH3 is 1. The molecule has 0 heterocycles. The number of benzene rings is 2. The molecule has 0 fully saturated rings. The fourth-order valence-corrected chi connectivity index (χ4v) is 3.94. The van der Waals surface area contributed by atoms with Crippen molar-refractivity contribution in [2.24, 2.45) is 0 Å². The Hall–Kier alpha value is -2.98. The number of carbonyl (C=O) groups excluding carboxylic acids is 2. The van der Waals surface area contributed by atoms with Gasteiger partial charge in [0.05, 0.1) is 37.6 Å². The summed E-state index contributed by atoms with van der Waals surface area (Å²) in [5, 5.41) is 2.68. The van der Waals surface area contributed by atoms with Crippen LogP contribution in [-0.4, -0.2) is 51.9 Å². The number of sulfonamides is 1. The van der Waals surface area contributed by atoms with Crippen molar-refractivity contribution < 1.29 is 31.9 Å². The van der Waals surface area contributed by atoms with E-state index in [1.807, 2.05) is 0 Å². The lowest BCUT2D eigenvalue weighted by Crippen LogP contribution is -2.40. The van der Waals surface area contributed by atoms with E-state index in [0.717, 1.165) is 28.6 Å². The van der Waals surface area contributed by atoms with Crippen LogP contribution in [0.4, 0.5) is 4.39 Å². The third-order valence-electron chi connectivity index (χ3n) is 4.40. The minimum absolute atomic E-state index is 0.138. The highest BCUT2D eigenvalue weighted by Crippen LogP contribution is 2.22. The molecular formula is C21H25FN2O6S. The molecule has 10 heteroatoms. The van der Waals surface area contributed by atoms with Crippen LogP contribution in [0.2, 0.25) is 0 Å². The molecule has 31 heavy (non-hydrogen) atoms. The summed E-state index contributed by atoms with van der Waals surface area (Å²) in [4.78, 5) is 24.5. The van der Waals surface area contributed by atoms with Crippen molar-refractivity contribution >= 4 is 21.9 Å². The smallest absolute Gasteiger partial charge is 0.308 e. The second-order valence-electron chi connectivity index (χ2n) is 6.62. The Bertz CT molecular complexity index is 1010. The first kappa shape index (κ1) is 24.3. The zero-order valence-corrected chi connectivity index (χ0v) is 18.3. The molecule has 0 saturated heterocycles. The maximum absolute atomic E-state index is 13.1. The first-order valence-electron chi connectivity index (χ1n) is 9.48. The van der Waals surface area contributed by atoms with E-state index >= 15 is 0 Å². The molecule has 0 aromatic heterocycles. The molecule has 1 N–H and O–H groups in total. The number of carbonyl (C=O) groups is 2. The zero-order valence-electron chi connectivity index (χ0n) is 17.5. The zero-order chi connectivity index (χ0) is 23.0. The molecule has 2 aromatic rings. The van der Waals surface area contributed by atoms with Crippen LogP contribution in [0.5, 0.6) is 5.75 Å². The maximum Gasteiger partial charge on any atom is 0.308 e. The summed E-state index contributed by atoms with van der Waals surface area (Å²) in [6.07, 6.45) is -0.138. The first-order valence-corrected chi connectivity index (χ1v) is 10.9. The Morgan fingerprint density at radius 2 is 1.84 bits per heavy atom. The average Bonchev–Trinajstić information content (AvgIpc) is 2.73. The minimum atomic E-state index is -4.00. The summed E-state index contributed by atoms with van der Waals surface area (Å²) in [5.74, 6) is -1.16. The van der Waals surface area contributed by atoms with E-state index in [1.165, 1.54) is 14.2 Å². The SMILES string of the molecule is CCOC(=O)CC(NC(=O)CN(C)S(=O)(=O)c1ccc(F)cc1)c1cccc(OC)c1. The van der Waals surface area contributed by atoms with Crippen LogP contribution in [0.1, 0.15) is 24.9 Å². The Balaban J connectivity index is 2.16. The summed E-state index contributed by atoms with van der Waals surface area (Å²) in [5.41, 5.74) is 0.602. The van der Waals surface area contributed by atoms with Gasteiger partial charge < -0.3 is 14.8 Å². The fourth-order valence-electron chi connectivity index (χ4n) is 2.81. The number of rotatable bonds is 10. The summed E-state index contributed by atoms with van der Waals surface area (Å²) < 4.78 is 49.3. The Morgan fingerprint density at radius 3 is 2.45 bits per heavy atom. The highest BCUT2D eigenvalue weighted by Gasteiger charge is 2.25. The van der Waals surface area contributed by atoms with Crippen molar-refractivity contribution in [1.29, 1.82) is 0 Å². The first-order chi connectivity index (χ1) is 14.7. The Morgan fingerprint density at radius 1 is 1.16 bits per heavy atom. The molecule has 1 amide bonds. The highest BCUT2D eigenvalue weighted by atomic mass is 32.2. The maximum atomic E-state index is 13.1. The molecule has 0 aliphatic rings. The standard InChI is InChI=1S/C21H25FN2O6S/c1-4-30-21(26)13-19(15-6-5-7-17(12-15)29-3)23-20(25)14-24(2)31(27,28)18-10-8-16(22)9-11-18/h5-12,19H,4,13-14H2,1-3H3,(H,23,25). The van der Waals surface area contributed by atoms with Crippen molar-refractivity contribution in [3.8, 4) is 5.75 Å². The van der Waals surface area contributed by atoms with Gasteiger partial charge >= 0.3 is 5.97 Å². The molecule has 0 aliphatic heterocycles. The molecule has 0 radical (unpaired) electrons. The van der Waals surface area contributed by atoms with Gasteiger partial charge in [0, 0.05) is 7.05 Å². The van der Waals surface area contributed by atoms with E-state index in [4.69, 9.17) is 9.47 Å². The number of nitrogens with one attached hydrogen (secondary N) is 1. The molecular weight excluding hydrogens is 427 g/mol. The Kier molecular flexibility index (Phi) is 8.52. The predicted octanol–water partition coefficient (Wildman–Crippen LogP) is 2.27. The van der Waals surface area contributed by atoms with Crippen molar-refractivity contribution in [3.05, 3.63) is 59.9 Å². The van der Waals surface area contributed by atoms with Gasteiger partial charge in [0.25, 0.3) is 0 Å². The van der Waals surface area contributed by atoms with Crippen molar-refractivity contribution in [3.63, 3.8) is 0 Å². The van der Waals surface area contributed by atoms with Crippen molar-refractivity contribution in [2.45, 2.75) is 24.3 Å². The fraction of sp³-hybridized carbons (Fsp3) is 0.333. The Labute approximate surface area is 181 Å². The van der Waals surface area contributed by atoms with Gasteiger partial charge in [0.2, 0.25) is 15.9 Å². The number of ether oxygens (including phenoxy) is 2. The van der Waals surface area contributed by atoms with E-state index in [1.54, 1.807) is 31.2 Å². The second-order valence-corrected chi connectivity index (χ2v) is 8.67. The number of amides is 1. The lowest BCUT2D eigenvalue weighted by molar-refractivity contribution is -0.143. The van der Waals surface area contributed by atoms with E-state index in [9.17, 15) is 22.4 Å². The van der Waals surface area contributed by atoms with E-state index in [0.29, 0.717) is 11.3 Å². The van der Waals surface area contributed by atoms with Crippen LogP contribution in [-0.2, 0) is 24.3 Å². The number of esters is 1. The third-order valence-corrected chi connectivity index (χ3v) is 6.21. The largest absolute Gasteiger partial charge is 0.497 e. The van der Waals surface area contributed by atoms with Gasteiger partial charge in [0.15, 0.2) is 0 Å². The van der Waals surface area contributed by atoms with Crippen molar-refractivity contribution in [1.82, 2.24) is 9.62 Å². The second kappa shape index (κ2) is 10.9. The summed E-state index contributed by atoms with van der Waals surface area (Å²) >= 11 is 0. The molecule has 0 bridgehead atoms. The molecule has 168 valence electrons.